The Kier molecular flexibility index (Phi) is 5.51. The topological polar surface area (TPSA) is 43.3 Å². The second-order valence-corrected chi connectivity index (χ2v) is 7.88. The van der Waals surface area contributed by atoms with Crippen LogP contribution in [-0.2, 0) is 11.3 Å². The minimum absolute atomic E-state index is 0.237. The van der Waals surface area contributed by atoms with Crippen LogP contribution in [0.4, 0.5) is 8.78 Å². The summed E-state index contributed by atoms with van der Waals surface area (Å²) in [6, 6.07) is 7.46. The zero-order valence-electron chi connectivity index (χ0n) is 13.3. The Morgan fingerprint density at radius 2 is 2.08 bits per heavy atom. The third-order valence-corrected chi connectivity index (χ3v) is 5.28. The van der Waals surface area contributed by atoms with Gasteiger partial charge in [0, 0.05) is 20.2 Å². The van der Waals surface area contributed by atoms with Gasteiger partial charge >= 0.3 is 0 Å². The Balaban J connectivity index is 1.96. The van der Waals surface area contributed by atoms with Crippen LogP contribution in [0.1, 0.15) is 16.1 Å². The van der Waals surface area contributed by atoms with Crippen molar-refractivity contribution in [1.29, 1.82) is 0 Å². The quantitative estimate of drug-likeness (QED) is 0.598. The number of ether oxygens (including phenoxy) is 1. The molecule has 4 nitrogen and oxygen atoms in total. The van der Waals surface area contributed by atoms with E-state index >= 15 is 0 Å². The van der Waals surface area contributed by atoms with Crippen LogP contribution in [0.15, 0.2) is 34.1 Å². The Hall–Kier alpha value is -1.77. The smallest absolute Gasteiger partial charge is 0.268 e. The van der Waals surface area contributed by atoms with Gasteiger partial charge in [0.1, 0.15) is 5.69 Å². The van der Waals surface area contributed by atoms with Crippen LogP contribution < -0.4 is 5.32 Å². The number of carbonyl (C=O) groups excluding carboxylic acids is 1. The first-order valence-electron chi connectivity index (χ1n) is 7.49. The van der Waals surface area contributed by atoms with E-state index in [0.29, 0.717) is 24.4 Å². The van der Waals surface area contributed by atoms with Crippen LogP contribution in [0.3, 0.4) is 0 Å². The van der Waals surface area contributed by atoms with Crippen molar-refractivity contribution >= 4 is 43.4 Å². The molecular formula is C17H15BrF2N2O2S. The standard InChI is InChI=1S/C17H15BrF2N2O2S/c1-24-5-4-21-17(23)14-7-15-13(8-16(18)25-15)22(14)9-10-2-3-11(19)12(20)6-10/h2-3,6-8H,4-5,9H2,1H3,(H,21,23). The molecule has 0 saturated carbocycles. The van der Waals surface area contributed by atoms with Gasteiger partial charge in [0.25, 0.3) is 5.91 Å². The molecule has 0 unspecified atom stereocenters. The van der Waals surface area contributed by atoms with Gasteiger partial charge in [-0.2, -0.15) is 0 Å². The molecule has 1 N–H and O–H groups in total. The highest BCUT2D eigenvalue weighted by Gasteiger charge is 2.18. The number of aromatic nitrogens is 1. The maximum absolute atomic E-state index is 13.5. The molecule has 0 bridgehead atoms. The van der Waals surface area contributed by atoms with E-state index in [4.69, 9.17) is 4.74 Å². The molecule has 2 aromatic heterocycles. The lowest BCUT2D eigenvalue weighted by Gasteiger charge is -2.11. The van der Waals surface area contributed by atoms with Crippen molar-refractivity contribution in [3.63, 3.8) is 0 Å². The van der Waals surface area contributed by atoms with Crippen LogP contribution in [0.5, 0.6) is 0 Å². The van der Waals surface area contributed by atoms with Crippen LogP contribution in [0.25, 0.3) is 10.2 Å². The molecule has 0 fully saturated rings. The number of nitrogens with one attached hydrogen (secondary N) is 1. The maximum atomic E-state index is 13.5. The monoisotopic (exact) mass is 428 g/mol. The first-order valence-corrected chi connectivity index (χ1v) is 9.10. The number of benzene rings is 1. The second-order valence-electron chi connectivity index (χ2n) is 5.41. The van der Waals surface area contributed by atoms with Gasteiger partial charge in [0.05, 0.1) is 20.6 Å². The number of thiophene rings is 1. The lowest BCUT2D eigenvalue weighted by Crippen LogP contribution is -2.29. The number of carbonyl (C=O) groups is 1. The number of rotatable bonds is 6. The number of methoxy groups -OCH3 is 1. The Morgan fingerprint density at radius 1 is 1.28 bits per heavy atom. The zero-order valence-corrected chi connectivity index (χ0v) is 15.7. The van der Waals surface area contributed by atoms with E-state index in [0.717, 1.165) is 26.1 Å². The number of hydrogen-bond acceptors (Lipinski definition) is 3. The zero-order chi connectivity index (χ0) is 18.0. The summed E-state index contributed by atoms with van der Waals surface area (Å²) in [5.74, 6) is -2.03. The minimum atomic E-state index is -0.904. The number of nitrogens with zero attached hydrogens (tertiary/aromatic N) is 1. The summed E-state index contributed by atoms with van der Waals surface area (Å²) in [5.41, 5.74) is 1.90. The largest absolute Gasteiger partial charge is 0.383 e. The summed E-state index contributed by atoms with van der Waals surface area (Å²) < 4.78 is 35.3. The molecule has 3 aromatic rings. The number of amides is 1. The maximum Gasteiger partial charge on any atom is 0.268 e. The molecule has 0 radical (unpaired) electrons. The van der Waals surface area contributed by atoms with Crippen molar-refractivity contribution in [2.45, 2.75) is 6.54 Å². The van der Waals surface area contributed by atoms with Gasteiger partial charge < -0.3 is 14.6 Å². The van der Waals surface area contributed by atoms with Gasteiger partial charge in [0.15, 0.2) is 11.6 Å². The summed E-state index contributed by atoms with van der Waals surface area (Å²) >= 11 is 4.94. The van der Waals surface area contributed by atoms with Gasteiger partial charge in [-0.1, -0.05) is 6.07 Å². The molecule has 8 heteroatoms. The fraction of sp³-hybridized carbons (Fsp3) is 0.235. The molecule has 0 aliphatic rings. The minimum Gasteiger partial charge on any atom is -0.383 e. The van der Waals surface area contributed by atoms with Crippen molar-refractivity contribution in [2.24, 2.45) is 0 Å². The first-order chi connectivity index (χ1) is 12.0. The lowest BCUT2D eigenvalue weighted by atomic mass is 10.2. The highest BCUT2D eigenvalue weighted by molar-refractivity contribution is 9.11. The lowest BCUT2D eigenvalue weighted by molar-refractivity contribution is 0.0928. The Morgan fingerprint density at radius 3 is 2.80 bits per heavy atom. The van der Waals surface area contributed by atoms with E-state index in [1.165, 1.54) is 17.4 Å². The summed E-state index contributed by atoms with van der Waals surface area (Å²) in [7, 11) is 1.56. The molecule has 0 aliphatic carbocycles. The van der Waals surface area contributed by atoms with Crippen molar-refractivity contribution in [1.82, 2.24) is 9.88 Å². The summed E-state index contributed by atoms with van der Waals surface area (Å²) in [6.45, 7) is 1.06. The van der Waals surface area contributed by atoms with Crippen molar-refractivity contribution in [3.05, 3.63) is 57.0 Å². The molecule has 3 rings (SSSR count). The van der Waals surface area contributed by atoms with Crippen molar-refractivity contribution in [2.75, 3.05) is 20.3 Å². The first kappa shape index (κ1) is 18.0. The summed E-state index contributed by atoms with van der Waals surface area (Å²) in [5, 5.41) is 2.79. The molecule has 0 atom stereocenters. The normalized spacial score (nSPS) is 11.2. The van der Waals surface area contributed by atoms with Crippen LogP contribution in [0, 0.1) is 11.6 Å². The van der Waals surface area contributed by atoms with Crippen molar-refractivity contribution in [3.8, 4) is 0 Å². The van der Waals surface area contributed by atoms with E-state index in [9.17, 15) is 13.6 Å². The number of fused-ring (bicyclic) bond motifs is 1. The Bertz CT molecular complexity index is 923. The number of hydrogen-bond donors (Lipinski definition) is 1. The molecule has 132 valence electrons. The predicted molar refractivity (Wildman–Crippen MR) is 97.2 cm³/mol. The predicted octanol–water partition coefficient (Wildman–Crippen LogP) is 4.17. The molecular weight excluding hydrogens is 414 g/mol. The average molecular weight is 429 g/mol. The fourth-order valence-electron chi connectivity index (χ4n) is 2.55. The fourth-order valence-corrected chi connectivity index (χ4v) is 4.11. The van der Waals surface area contributed by atoms with Gasteiger partial charge in [-0.25, -0.2) is 8.78 Å². The van der Waals surface area contributed by atoms with Gasteiger partial charge in [0.2, 0.25) is 0 Å². The SMILES string of the molecule is COCCNC(=O)c1cc2sc(Br)cc2n1Cc1ccc(F)c(F)c1. The molecule has 0 aliphatic heterocycles. The molecule has 1 aromatic carbocycles. The van der Waals surface area contributed by atoms with E-state index in [2.05, 4.69) is 21.2 Å². The molecule has 0 spiro atoms. The third-order valence-electron chi connectivity index (χ3n) is 3.71. The summed E-state index contributed by atoms with van der Waals surface area (Å²) in [4.78, 5) is 12.5. The van der Waals surface area contributed by atoms with Crippen molar-refractivity contribution < 1.29 is 18.3 Å². The molecule has 25 heavy (non-hydrogen) atoms. The van der Waals surface area contributed by atoms with E-state index in [1.54, 1.807) is 17.7 Å². The van der Waals surface area contributed by atoms with Crippen LogP contribution in [0.2, 0.25) is 0 Å². The summed E-state index contributed by atoms with van der Waals surface area (Å²) in [6.07, 6.45) is 0. The highest BCUT2D eigenvalue weighted by Crippen LogP contribution is 2.33. The molecule has 1 amide bonds. The average Bonchev–Trinajstić information content (AvgIpc) is 3.08. The Labute approximate surface area is 155 Å². The van der Waals surface area contributed by atoms with Crippen LogP contribution >= 0.6 is 27.3 Å². The van der Waals surface area contributed by atoms with Gasteiger partial charge in [-0.15, -0.1) is 11.3 Å². The van der Waals surface area contributed by atoms with Gasteiger partial charge in [-0.3, -0.25) is 4.79 Å². The van der Waals surface area contributed by atoms with Crippen LogP contribution in [-0.4, -0.2) is 30.7 Å². The molecule has 2 heterocycles. The molecule has 0 saturated heterocycles. The second kappa shape index (κ2) is 7.63. The highest BCUT2D eigenvalue weighted by atomic mass is 79.9. The van der Waals surface area contributed by atoms with E-state index < -0.39 is 11.6 Å². The van der Waals surface area contributed by atoms with E-state index in [-0.39, 0.29) is 12.5 Å². The van der Waals surface area contributed by atoms with Gasteiger partial charge in [-0.05, 0) is 45.8 Å². The number of halogens is 3. The van der Waals surface area contributed by atoms with E-state index in [1.807, 2.05) is 6.07 Å². The third kappa shape index (κ3) is 3.91.